The predicted octanol–water partition coefficient (Wildman–Crippen LogP) is 5.39. The predicted molar refractivity (Wildman–Crippen MR) is 116 cm³/mol. The van der Waals surface area contributed by atoms with Gasteiger partial charge in [0.05, 0.1) is 0 Å². The Morgan fingerprint density at radius 3 is 2.62 bits per heavy atom. The summed E-state index contributed by atoms with van der Waals surface area (Å²) in [6.45, 7) is 5.76. The van der Waals surface area contributed by atoms with Crippen LogP contribution in [0.1, 0.15) is 66.8 Å². The van der Waals surface area contributed by atoms with Crippen LogP contribution in [0.15, 0.2) is 30.3 Å². The van der Waals surface area contributed by atoms with Crippen molar-refractivity contribution in [3.05, 3.63) is 58.2 Å². The molecule has 1 aliphatic heterocycles. The third kappa shape index (κ3) is 3.90. The number of allylic oxidation sites excluding steroid dienone is 1. The Hall–Kier alpha value is -2.72. The van der Waals surface area contributed by atoms with Crippen LogP contribution in [0.5, 0.6) is 17.2 Å². The van der Waals surface area contributed by atoms with E-state index >= 15 is 0 Å². The highest BCUT2D eigenvalue weighted by Gasteiger charge is 2.25. The zero-order valence-corrected chi connectivity index (χ0v) is 17.2. The normalized spacial score (nSPS) is 21.9. The van der Waals surface area contributed by atoms with Gasteiger partial charge in [0, 0.05) is 5.56 Å². The van der Waals surface area contributed by atoms with Crippen LogP contribution in [0.4, 0.5) is 0 Å². The van der Waals surface area contributed by atoms with E-state index in [0.29, 0.717) is 11.7 Å². The van der Waals surface area contributed by atoms with Gasteiger partial charge in [0.25, 0.3) is 0 Å². The van der Waals surface area contributed by atoms with Crippen molar-refractivity contribution in [2.24, 2.45) is 0 Å². The van der Waals surface area contributed by atoms with E-state index in [9.17, 15) is 15.3 Å². The maximum atomic E-state index is 10.5. The first-order valence-corrected chi connectivity index (χ1v) is 10.2. The fourth-order valence-electron chi connectivity index (χ4n) is 3.97. The number of benzene rings is 2. The van der Waals surface area contributed by atoms with Crippen molar-refractivity contribution in [1.82, 2.24) is 0 Å². The van der Waals surface area contributed by atoms with Crippen LogP contribution in [0.3, 0.4) is 0 Å². The van der Waals surface area contributed by atoms with E-state index in [2.05, 4.69) is 6.07 Å². The summed E-state index contributed by atoms with van der Waals surface area (Å²) >= 11 is 0. The van der Waals surface area contributed by atoms with Crippen LogP contribution in [-0.2, 0) is 0 Å². The summed E-state index contributed by atoms with van der Waals surface area (Å²) in [5.41, 5.74) is 4.72. The van der Waals surface area contributed by atoms with Crippen molar-refractivity contribution in [1.29, 1.82) is 0 Å². The molecular weight excluding hydrogens is 364 g/mol. The van der Waals surface area contributed by atoms with Crippen molar-refractivity contribution >= 4 is 17.7 Å². The first-order chi connectivity index (χ1) is 13.7. The van der Waals surface area contributed by atoms with Crippen LogP contribution in [0, 0.1) is 6.92 Å². The summed E-state index contributed by atoms with van der Waals surface area (Å²) in [5.74, 6) is 1.29. The number of hydrogen-bond acceptors (Lipinski definition) is 4. The van der Waals surface area contributed by atoms with E-state index in [0.717, 1.165) is 27.8 Å². The van der Waals surface area contributed by atoms with Gasteiger partial charge < -0.3 is 20.1 Å². The van der Waals surface area contributed by atoms with E-state index in [1.54, 1.807) is 25.1 Å². The molecule has 1 unspecified atom stereocenters. The summed E-state index contributed by atoms with van der Waals surface area (Å²) in [5, 5.41) is 31.0. The Morgan fingerprint density at radius 1 is 1.17 bits per heavy atom. The monoisotopic (exact) mass is 392 g/mol. The molecule has 2 aliphatic rings. The molecule has 0 saturated heterocycles. The summed E-state index contributed by atoms with van der Waals surface area (Å²) in [6.07, 6.45) is 9.14. The SMILES string of the molecule is C/C(=C\c1cc(O)c2c(c1C)C=CC(C)(O)CO2)c1cc(O)cc(C2CCC2)c1. The first kappa shape index (κ1) is 19.6. The number of aliphatic hydroxyl groups is 1. The standard InChI is InChI=1S/C25H28O4/c1-15(18-10-20(12-21(26)11-18)17-5-4-6-17)9-19-13-23(27)24-22(16(19)2)7-8-25(3,28)14-29-24/h7-13,17,26-28H,4-6,14H2,1-3H3/b15-9+. The first-order valence-electron chi connectivity index (χ1n) is 10.2. The Morgan fingerprint density at radius 2 is 1.93 bits per heavy atom. The van der Waals surface area contributed by atoms with E-state index in [1.165, 1.54) is 24.8 Å². The molecule has 4 heteroatoms. The third-order valence-corrected chi connectivity index (χ3v) is 6.07. The topological polar surface area (TPSA) is 69.9 Å². The largest absolute Gasteiger partial charge is 0.508 e. The van der Waals surface area contributed by atoms with Crippen molar-refractivity contribution in [2.75, 3.05) is 6.61 Å². The Balaban J connectivity index is 1.74. The minimum Gasteiger partial charge on any atom is -0.508 e. The van der Waals surface area contributed by atoms with Gasteiger partial charge in [0.2, 0.25) is 0 Å². The molecule has 3 N–H and O–H groups in total. The van der Waals surface area contributed by atoms with Crippen LogP contribution in [0.2, 0.25) is 0 Å². The molecule has 0 radical (unpaired) electrons. The molecule has 4 rings (SSSR count). The zero-order chi connectivity index (χ0) is 20.8. The number of phenols is 2. The molecule has 152 valence electrons. The highest BCUT2D eigenvalue weighted by atomic mass is 16.5. The molecule has 29 heavy (non-hydrogen) atoms. The van der Waals surface area contributed by atoms with Gasteiger partial charge in [-0.05, 0) is 91.6 Å². The van der Waals surface area contributed by atoms with Gasteiger partial charge in [-0.1, -0.05) is 24.6 Å². The molecule has 1 heterocycles. The molecule has 1 saturated carbocycles. The number of aromatic hydroxyl groups is 2. The zero-order valence-electron chi connectivity index (χ0n) is 17.2. The number of ether oxygens (including phenoxy) is 1. The summed E-state index contributed by atoms with van der Waals surface area (Å²) < 4.78 is 5.68. The fraction of sp³-hybridized carbons (Fsp3) is 0.360. The molecule has 2 aromatic carbocycles. The maximum Gasteiger partial charge on any atom is 0.168 e. The van der Waals surface area contributed by atoms with Crippen molar-refractivity contribution in [3.63, 3.8) is 0 Å². The molecule has 4 nitrogen and oxygen atoms in total. The lowest BCUT2D eigenvalue weighted by atomic mass is 9.79. The number of hydrogen-bond donors (Lipinski definition) is 3. The van der Waals surface area contributed by atoms with Crippen molar-refractivity contribution in [2.45, 2.75) is 51.6 Å². The molecule has 0 spiro atoms. The Bertz CT molecular complexity index is 1010. The second-order valence-electron chi connectivity index (χ2n) is 8.60. The minimum absolute atomic E-state index is 0.0538. The van der Waals surface area contributed by atoms with Crippen LogP contribution >= 0.6 is 0 Å². The average molecular weight is 392 g/mol. The number of phenolic OH excluding ortho intramolecular Hbond substituents is 2. The summed E-state index contributed by atoms with van der Waals surface area (Å²) in [7, 11) is 0. The maximum absolute atomic E-state index is 10.5. The van der Waals surface area contributed by atoms with E-state index in [4.69, 9.17) is 4.74 Å². The molecule has 0 amide bonds. The second-order valence-corrected chi connectivity index (χ2v) is 8.60. The van der Waals surface area contributed by atoms with Gasteiger partial charge in [-0.25, -0.2) is 0 Å². The smallest absolute Gasteiger partial charge is 0.168 e. The highest BCUT2D eigenvalue weighted by molar-refractivity contribution is 5.84. The molecule has 1 atom stereocenters. The van der Waals surface area contributed by atoms with Crippen LogP contribution in [-0.4, -0.2) is 27.5 Å². The molecule has 0 bridgehead atoms. The van der Waals surface area contributed by atoms with Gasteiger partial charge in [-0.15, -0.1) is 0 Å². The fourth-order valence-corrected chi connectivity index (χ4v) is 3.97. The lowest BCUT2D eigenvalue weighted by Gasteiger charge is -2.26. The molecule has 1 fully saturated rings. The van der Waals surface area contributed by atoms with Gasteiger partial charge in [-0.2, -0.15) is 0 Å². The van der Waals surface area contributed by atoms with Crippen LogP contribution in [0.25, 0.3) is 17.7 Å². The highest BCUT2D eigenvalue weighted by Crippen LogP contribution is 2.41. The van der Waals surface area contributed by atoms with E-state index < -0.39 is 5.60 Å². The van der Waals surface area contributed by atoms with Gasteiger partial charge in [0.1, 0.15) is 18.0 Å². The van der Waals surface area contributed by atoms with E-state index in [-0.39, 0.29) is 18.1 Å². The molecule has 1 aliphatic carbocycles. The summed E-state index contributed by atoms with van der Waals surface area (Å²) in [4.78, 5) is 0. The van der Waals surface area contributed by atoms with Crippen molar-refractivity contribution < 1.29 is 20.1 Å². The van der Waals surface area contributed by atoms with Crippen molar-refractivity contribution in [3.8, 4) is 17.2 Å². The van der Waals surface area contributed by atoms with Crippen LogP contribution < -0.4 is 4.74 Å². The number of fused-ring (bicyclic) bond motifs is 1. The average Bonchev–Trinajstić information content (AvgIpc) is 2.76. The van der Waals surface area contributed by atoms with Gasteiger partial charge >= 0.3 is 0 Å². The second kappa shape index (κ2) is 7.27. The molecule has 0 aromatic heterocycles. The minimum atomic E-state index is -1.08. The van der Waals surface area contributed by atoms with E-state index in [1.807, 2.05) is 32.1 Å². The Labute approximate surface area is 171 Å². The lowest BCUT2D eigenvalue weighted by Crippen LogP contribution is -2.28. The number of rotatable bonds is 3. The quantitative estimate of drug-likeness (QED) is 0.613. The van der Waals surface area contributed by atoms with Gasteiger partial charge in [-0.3, -0.25) is 0 Å². The summed E-state index contributed by atoms with van der Waals surface area (Å²) in [6, 6.07) is 7.51. The third-order valence-electron chi connectivity index (χ3n) is 6.07. The molecule has 2 aromatic rings. The molecular formula is C25H28O4. The Kier molecular flexibility index (Phi) is 4.91. The lowest BCUT2D eigenvalue weighted by molar-refractivity contribution is 0.0556. The van der Waals surface area contributed by atoms with Gasteiger partial charge in [0.15, 0.2) is 11.5 Å².